The smallest absolute Gasteiger partial charge is 0.255 e. The van der Waals surface area contributed by atoms with Gasteiger partial charge in [0, 0.05) is 10.2 Å². The van der Waals surface area contributed by atoms with E-state index in [1.54, 1.807) is 23.9 Å². The zero-order valence-corrected chi connectivity index (χ0v) is 16.9. The zero-order chi connectivity index (χ0) is 19.7. The van der Waals surface area contributed by atoms with Gasteiger partial charge in [-0.25, -0.2) is 4.68 Å². The van der Waals surface area contributed by atoms with Gasteiger partial charge in [-0.05, 0) is 36.8 Å². The summed E-state index contributed by atoms with van der Waals surface area (Å²) in [6, 6.07) is 14.7. The Labute approximate surface area is 170 Å². The van der Waals surface area contributed by atoms with Crippen LogP contribution in [0.3, 0.4) is 0 Å². The van der Waals surface area contributed by atoms with E-state index >= 15 is 0 Å². The summed E-state index contributed by atoms with van der Waals surface area (Å²) >= 11 is 3.51. The maximum absolute atomic E-state index is 13.3. The van der Waals surface area contributed by atoms with Crippen LogP contribution in [0.1, 0.15) is 18.5 Å². The van der Waals surface area contributed by atoms with E-state index in [9.17, 15) is 4.79 Å². The fraction of sp³-hybridized carbons (Fsp3) is 0.150. The Morgan fingerprint density at radius 3 is 2.86 bits per heavy atom. The van der Waals surface area contributed by atoms with Gasteiger partial charge in [-0.15, -0.1) is 0 Å². The van der Waals surface area contributed by atoms with Crippen LogP contribution in [-0.4, -0.2) is 27.8 Å². The van der Waals surface area contributed by atoms with Crippen LogP contribution in [0, 0.1) is 0 Å². The monoisotopic (exact) mass is 439 g/mol. The van der Waals surface area contributed by atoms with Crippen LogP contribution in [-0.2, 0) is 4.79 Å². The summed E-state index contributed by atoms with van der Waals surface area (Å²) in [5, 5.41) is 10.5. The second kappa shape index (κ2) is 7.47. The van der Waals surface area contributed by atoms with Crippen molar-refractivity contribution >= 4 is 33.5 Å². The van der Waals surface area contributed by atoms with Crippen molar-refractivity contribution in [1.82, 2.24) is 14.8 Å². The normalized spacial score (nSPS) is 15.6. The van der Waals surface area contributed by atoms with E-state index in [1.807, 2.05) is 43.3 Å². The molecular weight excluding hydrogens is 422 g/mol. The number of carbonyl (C=O) groups excluding carboxylic acids is 1. The van der Waals surface area contributed by atoms with E-state index in [0.29, 0.717) is 23.0 Å². The number of hydrogen-bond acceptors (Lipinski definition) is 5. The van der Waals surface area contributed by atoms with E-state index in [-0.39, 0.29) is 5.91 Å². The average Bonchev–Trinajstić information content (AvgIpc) is 3.15. The van der Waals surface area contributed by atoms with Crippen molar-refractivity contribution in [2.45, 2.75) is 13.0 Å². The number of nitrogens with one attached hydrogen (secondary N) is 2. The van der Waals surface area contributed by atoms with Crippen molar-refractivity contribution in [3.63, 3.8) is 0 Å². The Hall–Kier alpha value is -3.13. The minimum Gasteiger partial charge on any atom is -0.495 e. The molecule has 0 radical (unpaired) electrons. The largest absolute Gasteiger partial charge is 0.495 e. The molecule has 7 nitrogen and oxygen atoms in total. The first kappa shape index (κ1) is 18.2. The Balaban J connectivity index is 1.77. The minimum absolute atomic E-state index is 0.236. The number of aromatic nitrogens is 3. The minimum atomic E-state index is -0.411. The first-order chi connectivity index (χ1) is 13.6. The van der Waals surface area contributed by atoms with Gasteiger partial charge in [0.25, 0.3) is 5.91 Å². The fourth-order valence-electron chi connectivity index (χ4n) is 3.31. The average molecular weight is 440 g/mol. The summed E-state index contributed by atoms with van der Waals surface area (Å²) in [5.74, 6) is 0.954. The number of benzene rings is 2. The molecule has 2 N–H and O–H groups in total. The standard InChI is InChI=1S/C20H18BrN5O2/c1-12-17(19(27)25-15-8-3-4-9-16(15)28-2)18(13-6-5-7-14(21)10-13)26-20(24-12)22-11-23-26/h3-11,18H,1-2H3,(H,25,27)(H,22,23,24)/t18-/m0/s1. The number of allylic oxidation sites excluding steroid dienone is 1. The van der Waals surface area contributed by atoms with Crippen molar-refractivity contribution in [3.05, 3.63) is 76.2 Å². The lowest BCUT2D eigenvalue weighted by atomic mass is 9.95. The molecule has 2 heterocycles. The molecule has 0 bridgehead atoms. The third-order valence-electron chi connectivity index (χ3n) is 4.56. The number of methoxy groups -OCH3 is 1. The Bertz CT molecular complexity index is 1080. The van der Waals surface area contributed by atoms with Crippen LogP contribution in [0.25, 0.3) is 0 Å². The number of carbonyl (C=O) groups is 1. The number of amides is 1. The van der Waals surface area contributed by atoms with E-state index in [2.05, 4.69) is 36.6 Å². The van der Waals surface area contributed by atoms with Gasteiger partial charge >= 0.3 is 0 Å². The summed E-state index contributed by atoms with van der Waals surface area (Å²) in [5.41, 5.74) is 2.81. The molecule has 1 aliphatic rings. The van der Waals surface area contributed by atoms with Crippen LogP contribution in [0.5, 0.6) is 5.75 Å². The van der Waals surface area contributed by atoms with Gasteiger partial charge in [-0.2, -0.15) is 10.1 Å². The molecule has 0 aliphatic carbocycles. The molecule has 3 aromatic rings. The molecule has 0 fully saturated rings. The third-order valence-corrected chi connectivity index (χ3v) is 5.05. The van der Waals surface area contributed by atoms with Crippen molar-refractivity contribution < 1.29 is 9.53 Å². The molecule has 28 heavy (non-hydrogen) atoms. The Kier molecular flexibility index (Phi) is 4.87. The number of ether oxygens (including phenoxy) is 1. The highest BCUT2D eigenvalue weighted by Gasteiger charge is 2.33. The topological polar surface area (TPSA) is 81.1 Å². The van der Waals surface area contributed by atoms with E-state index in [0.717, 1.165) is 15.7 Å². The first-order valence-electron chi connectivity index (χ1n) is 8.65. The molecule has 1 amide bonds. The van der Waals surface area contributed by atoms with Gasteiger partial charge in [0.15, 0.2) is 0 Å². The predicted molar refractivity (Wildman–Crippen MR) is 110 cm³/mol. The number of nitrogens with zero attached hydrogens (tertiary/aromatic N) is 3. The molecule has 1 aliphatic heterocycles. The molecule has 4 rings (SSSR count). The number of halogens is 1. The van der Waals surface area contributed by atoms with Crippen LogP contribution < -0.4 is 15.4 Å². The molecular formula is C20H18BrN5O2. The van der Waals surface area contributed by atoms with Crippen molar-refractivity contribution in [2.24, 2.45) is 0 Å². The highest BCUT2D eigenvalue weighted by atomic mass is 79.9. The van der Waals surface area contributed by atoms with Gasteiger partial charge in [0.1, 0.15) is 18.1 Å². The van der Waals surface area contributed by atoms with Crippen LogP contribution in [0.4, 0.5) is 11.6 Å². The molecule has 0 unspecified atom stereocenters. The maximum Gasteiger partial charge on any atom is 0.255 e. The molecule has 1 aromatic heterocycles. The van der Waals surface area contributed by atoms with Gasteiger partial charge in [-0.3, -0.25) is 4.79 Å². The second-order valence-electron chi connectivity index (χ2n) is 6.30. The number of hydrogen-bond donors (Lipinski definition) is 2. The van der Waals surface area contributed by atoms with Crippen molar-refractivity contribution in [3.8, 4) is 5.75 Å². The molecule has 1 atom stereocenters. The summed E-state index contributed by atoms with van der Waals surface area (Å²) in [6.45, 7) is 1.86. The van der Waals surface area contributed by atoms with Crippen LogP contribution in [0.15, 0.2) is 70.6 Å². The number of fused-ring (bicyclic) bond motifs is 1. The summed E-state index contributed by atoms with van der Waals surface area (Å²) in [6.07, 6.45) is 1.47. The van der Waals surface area contributed by atoms with E-state index < -0.39 is 6.04 Å². The van der Waals surface area contributed by atoms with E-state index in [4.69, 9.17) is 4.74 Å². The lowest BCUT2D eigenvalue weighted by molar-refractivity contribution is -0.113. The molecule has 142 valence electrons. The first-order valence-corrected chi connectivity index (χ1v) is 9.45. The van der Waals surface area contributed by atoms with Crippen molar-refractivity contribution in [2.75, 3.05) is 17.7 Å². The number of rotatable bonds is 4. The van der Waals surface area contributed by atoms with Crippen molar-refractivity contribution in [1.29, 1.82) is 0 Å². The highest BCUT2D eigenvalue weighted by Crippen LogP contribution is 2.36. The van der Waals surface area contributed by atoms with Gasteiger partial charge in [0.2, 0.25) is 5.95 Å². The van der Waals surface area contributed by atoms with E-state index in [1.165, 1.54) is 6.33 Å². The Morgan fingerprint density at radius 1 is 1.25 bits per heavy atom. The summed E-state index contributed by atoms with van der Waals surface area (Å²) in [7, 11) is 1.57. The Morgan fingerprint density at radius 2 is 2.07 bits per heavy atom. The number of para-hydroxylation sites is 2. The zero-order valence-electron chi connectivity index (χ0n) is 15.3. The molecule has 0 saturated heterocycles. The van der Waals surface area contributed by atoms with Crippen LogP contribution in [0.2, 0.25) is 0 Å². The maximum atomic E-state index is 13.3. The fourth-order valence-corrected chi connectivity index (χ4v) is 3.72. The lowest BCUT2D eigenvalue weighted by Gasteiger charge is -2.29. The highest BCUT2D eigenvalue weighted by molar-refractivity contribution is 9.10. The molecule has 0 spiro atoms. The predicted octanol–water partition coefficient (Wildman–Crippen LogP) is 3.98. The SMILES string of the molecule is COc1ccccc1NC(=O)C1=C(C)Nc2ncnn2[C@H]1c1cccc(Br)c1. The van der Waals surface area contributed by atoms with Gasteiger partial charge in [-0.1, -0.05) is 40.2 Å². The number of anilines is 2. The van der Waals surface area contributed by atoms with Gasteiger partial charge in [0.05, 0.1) is 18.4 Å². The second-order valence-corrected chi connectivity index (χ2v) is 7.22. The molecule has 8 heteroatoms. The quantitative estimate of drug-likeness (QED) is 0.642. The lowest BCUT2D eigenvalue weighted by Crippen LogP contribution is -2.31. The van der Waals surface area contributed by atoms with Crippen LogP contribution >= 0.6 is 15.9 Å². The molecule has 0 saturated carbocycles. The summed E-state index contributed by atoms with van der Waals surface area (Å²) in [4.78, 5) is 17.6. The van der Waals surface area contributed by atoms with Gasteiger partial charge < -0.3 is 15.4 Å². The third kappa shape index (κ3) is 3.27. The summed E-state index contributed by atoms with van der Waals surface area (Å²) < 4.78 is 7.99. The molecule has 2 aromatic carbocycles.